The van der Waals surface area contributed by atoms with Crippen LogP contribution in [0.1, 0.15) is 31.4 Å². The van der Waals surface area contributed by atoms with Crippen LogP contribution in [0.25, 0.3) is 0 Å². The molecule has 1 N–H and O–H groups in total. The normalized spacial score (nSPS) is 12.1. The first-order chi connectivity index (χ1) is 9.43. The lowest BCUT2D eigenvalue weighted by Gasteiger charge is -2.18. The summed E-state index contributed by atoms with van der Waals surface area (Å²) in [5, 5.41) is 2.76. The van der Waals surface area contributed by atoms with Crippen LogP contribution >= 0.6 is 0 Å². The third kappa shape index (κ3) is 5.03. The second-order valence-electron chi connectivity index (χ2n) is 5.37. The Hall–Kier alpha value is -1.84. The molecule has 0 unspecified atom stereocenters. The van der Waals surface area contributed by atoms with Crippen molar-refractivity contribution in [1.82, 2.24) is 5.32 Å². The van der Waals surface area contributed by atoms with Gasteiger partial charge in [0.25, 0.3) is 0 Å². The van der Waals surface area contributed by atoms with E-state index < -0.39 is 12.0 Å². The second kappa shape index (κ2) is 7.68. The number of nitrogens with one attached hydrogen (secondary N) is 1. The van der Waals surface area contributed by atoms with E-state index in [0.29, 0.717) is 12.8 Å². The topological polar surface area (TPSA) is 55.4 Å². The molecule has 0 aliphatic heterocycles. The van der Waals surface area contributed by atoms with Gasteiger partial charge in [-0.25, -0.2) is 4.79 Å². The number of hydrogen-bond donors (Lipinski definition) is 1. The molecular formula is C16H23NO3. The summed E-state index contributed by atoms with van der Waals surface area (Å²) in [6.45, 7) is 5.92. The molecule has 0 bridgehead atoms. The Bertz CT molecular complexity index is 469. The standard InChI is InChI=1S/C16H23NO3/c1-11(2)9-15(18)17-14(16(19)20-4)10-13-8-6-5-7-12(13)3/h5-8,11,14H,9-10H2,1-4H3,(H,17,18)/t14-/m0/s1. The average Bonchev–Trinajstić information content (AvgIpc) is 2.38. The van der Waals surface area contributed by atoms with Gasteiger partial charge in [0.1, 0.15) is 6.04 Å². The van der Waals surface area contributed by atoms with Gasteiger partial charge in [0.05, 0.1) is 7.11 Å². The Labute approximate surface area is 120 Å². The Morgan fingerprint density at radius 2 is 1.90 bits per heavy atom. The number of benzene rings is 1. The van der Waals surface area contributed by atoms with Crippen LogP contribution in [0.2, 0.25) is 0 Å². The van der Waals surface area contributed by atoms with E-state index in [1.54, 1.807) is 0 Å². The molecule has 1 rings (SSSR count). The minimum absolute atomic E-state index is 0.121. The van der Waals surface area contributed by atoms with E-state index in [1.165, 1.54) is 7.11 Å². The fourth-order valence-electron chi connectivity index (χ4n) is 2.02. The minimum atomic E-state index is -0.632. The van der Waals surface area contributed by atoms with E-state index in [1.807, 2.05) is 45.0 Å². The van der Waals surface area contributed by atoms with Gasteiger partial charge in [-0.2, -0.15) is 0 Å². The molecule has 20 heavy (non-hydrogen) atoms. The minimum Gasteiger partial charge on any atom is -0.467 e. The molecule has 4 nitrogen and oxygen atoms in total. The number of methoxy groups -OCH3 is 1. The smallest absolute Gasteiger partial charge is 0.328 e. The van der Waals surface area contributed by atoms with Crippen molar-refractivity contribution in [1.29, 1.82) is 0 Å². The summed E-state index contributed by atoms with van der Waals surface area (Å²) in [6.07, 6.45) is 0.852. The molecule has 110 valence electrons. The lowest BCUT2D eigenvalue weighted by molar-refractivity contribution is -0.145. The van der Waals surface area contributed by atoms with Gasteiger partial charge in [-0.15, -0.1) is 0 Å². The number of carbonyl (C=O) groups excluding carboxylic acids is 2. The third-order valence-electron chi connectivity index (χ3n) is 3.10. The van der Waals surface area contributed by atoms with Crippen LogP contribution in [0.5, 0.6) is 0 Å². The van der Waals surface area contributed by atoms with Gasteiger partial charge >= 0.3 is 5.97 Å². The first-order valence-electron chi connectivity index (χ1n) is 6.85. The molecule has 0 aliphatic rings. The second-order valence-corrected chi connectivity index (χ2v) is 5.37. The Morgan fingerprint density at radius 1 is 1.25 bits per heavy atom. The quantitative estimate of drug-likeness (QED) is 0.811. The summed E-state index contributed by atoms with van der Waals surface area (Å²) >= 11 is 0. The van der Waals surface area contributed by atoms with E-state index in [9.17, 15) is 9.59 Å². The molecule has 1 atom stereocenters. The molecule has 0 saturated heterocycles. The highest BCUT2D eigenvalue weighted by Crippen LogP contribution is 2.11. The van der Waals surface area contributed by atoms with E-state index in [4.69, 9.17) is 4.74 Å². The number of amides is 1. The van der Waals surface area contributed by atoms with Crippen molar-refractivity contribution in [2.75, 3.05) is 7.11 Å². The Kier molecular flexibility index (Phi) is 6.22. The predicted molar refractivity (Wildman–Crippen MR) is 78.3 cm³/mol. The van der Waals surface area contributed by atoms with Gasteiger partial charge in [0.15, 0.2) is 0 Å². The molecule has 0 saturated carbocycles. The van der Waals surface area contributed by atoms with Gasteiger partial charge in [-0.1, -0.05) is 38.1 Å². The maximum Gasteiger partial charge on any atom is 0.328 e. The largest absolute Gasteiger partial charge is 0.467 e. The maximum absolute atomic E-state index is 11.8. The number of ether oxygens (including phenoxy) is 1. The molecule has 4 heteroatoms. The molecule has 0 aliphatic carbocycles. The van der Waals surface area contributed by atoms with Crippen molar-refractivity contribution in [3.05, 3.63) is 35.4 Å². The van der Waals surface area contributed by atoms with E-state index >= 15 is 0 Å². The summed E-state index contributed by atoms with van der Waals surface area (Å²) in [6, 6.07) is 7.18. The molecule has 0 spiro atoms. The SMILES string of the molecule is COC(=O)[C@H](Cc1ccccc1C)NC(=O)CC(C)C. The molecule has 0 heterocycles. The fraction of sp³-hybridized carbons (Fsp3) is 0.500. The van der Waals surface area contributed by atoms with Gasteiger partial charge in [0.2, 0.25) is 5.91 Å². The lowest BCUT2D eigenvalue weighted by Crippen LogP contribution is -2.43. The van der Waals surface area contributed by atoms with Crippen LogP contribution in [-0.2, 0) is 20.7 Å². The van der Waals surface area contributed by atoms with Crippen LogP contribution < -0.4 is 5.32 Å². The molecular weight excluding hydrogens is 254 g/mol. The molecule has 0 fully saturated rings. The summed E-state index contributed by atoms with van der Waals surface area (Å²) in [7, 11) is 1.34. The summed E-state index contributed by atoms with van der Waals surface area (Å²) in [5.74, 6) is -0.277. The summed E-state index contributed by atoms with van der Waals surface area (Å²) < 4.78 is 4.78. The van der Waals surface area contributed by atoms with Crippen LogP contribution in [0.4, 0.5) is 0 Å². The fourth-order valence-corrected chi connectivity index (χ4v) is 2.02. The van der Waals surface area contributed by atoms with Crippen molar-refractivity contribution in [3.63, 3.8) is 0 Å². The predicted octanol–water partition coefficient (Wildman–Crippen LogP) is 2.24. The first-order valence-corrected chi connectivity index (χ1v) is 6.85. The molecule has 1 aromatic carbocycles. The van der Waals surface area contributed by atoms with Gasteiger partial charge < -0.3 is 10.1 Å². The Balaban J connectivity index is 2.78. The maximum atomic E-state index is 11.8. The van der Waals surface area contributed by atoms with Crippen molar-refractivity contribution >= 4 is 11.9 Å². The zero-order chi connectivity index (χ0) is 15.1. The highest BCUT2D eigenvalue weighted by atomic mass is 16.5. The number of aryl methyl sites for hydroxylation is 1. The van der Waals surface area contributed by atoms with Gasteiger partial charge in [0, 0.05) is 12.8 Å². The van der Waals surface area contributed by atoms with Crippen molar-refractivity contribution < 1.29 is 14.3 Å². The number of hydrogen-bond acceptors (Lipinski definition) is 3. The van der Waals surface area contributed by atoms with Crippen LogP contribution in [0, 0.1) is 12.8 Å². The highest BCUT2D eigenvalue weighted by molar-refractivity contribution is 5.84. The van der Waals surface area contributed by atoms with E-state index in [-0.39, 0.29) is 11.8 Å². The number of esters is 1. The average molecular weight is 277 g/mol. The molecule has 0 aromatic heterocycles. The summed E-state index contributed by atoms with van der Waals surface area (Å²) in [5.41, 5.74) is 2.13. The van der Waals surface area contributed by atoms with E-state index in [2.05, 4.69) is 5.32 Å². The first kappa shape index (κ1) is 16.2. The van der Waals surface area contributed by atoms with E-state index in [0.717, 1.165) is 11.1 Å². The number of rotatable bonds is 6. The number of carbonyl (C=O) groups is 2. The lowest BCUT2D eigenvalue weighted by atomic mass is 10.0. The third-order valence-corrected chi connectivity index (χ3v) is 3.10. The molecule has 1 aromatic rings. The monoisotopic (exact) mass is 277 g/mol. The van der Waals surface area contributed by atoms with Crippen LogP contribution in [0.15, 0.2) is 24.3 Å². The Morgan fingerprint density at radius 3 is 2.45 bits per heavy atom. The van der Waals surface area contributed by atoms with Gasteiger partial charge in [-0.3, -0.25) is 4.79 Å². The molecule has 1 amide bonds. The zero-order valence-corrected chi connectivity index (χ0v) is 12.6. The van der Waals surface area contributed by atoms with Crippen LogP contribution in [-0.4, -0.2) is 25.0 Å². The van der Waals surface area contributed by atoms with Gasteiger partial charge in [-0.05, 0) is 24.0 Å². The van der Waals surface area contributed by atoms with Crippen LogP contribution in [0.3, 0.4) is 0 Å². The summed E-state index contributed by atoms with van der Waals surface area (Å²) in [4.78, 5) is 23.7. The van der Waals surface area contributed by atoms with Crippen molar-refractivity contribution in [2.24, 2.45) is 5.92 Å². The molecule has 0 radical (unpaired) electrons. The zero-order valence-electron chi connectivity index (χ0n) is 12.6. The van der Waals surface area contributed by atoms with Crippen molar-refractivity contribution in [3.8, 4) is 0 Å². The highest BCUT2D eigenvalue weighted by Gasteiger charge is 2.22. The van der Waals surface area contributed by atoms with Crippen molar-refractivity contribution in [2.45, 2.75) is 39.7 Å².